The average Bonchev–Trinajstić information content (AvgIpc) is 1.99. The molecule has 0 aliphatic heterocycles. The highest BCUT2D eigenvalue weighted by Crippen LogP contribution is 2.20. The molecule has 0 aliphatic carbocycles. The van der Waals surface area contributed by atoms with Gasteiger partial charge in [-0.15, -0.1) is 0 Å². The van der Waals surface area contributed by atoms with Crippen LogP contribution in [0, 0.1) is 11.6 Å². The lowest BCUT2D eigenvalue weighted by atomic mass is 10.2. The van der Waals surface area contributed by atoms with Crippen molar-refractivity contribution in [2.24, 2.45) is 0 Å². The molecule has 0 spiro atoms. The number of aliphatic hydroxyl groups excluding tert-OH is 1. The molecule has 0 radical (unpaired) electrons. The zero-order chi connectivity index (χ0) is 8.43. The normalized spacial score (nSPS) is 10.2. The van der Waals surface area contributed by atoms with Crippen LogP contribution in [-0.4, -0.2) is 5.11 Å². The quantitative estimate of drug-likeness (QED) is 0.653. The topological polar surface area (TPSA) is 20.2 Å². The molecule has 1 rings (SSSR count). The molecule has 11 heavy (non-hydrogen) atoms. The third-order valence-corrected chi connectivity index (χ3v) is 1.59. The summed E-state index contributed by atoms with van der Waals surface area (Å²) in [5.74, 6) is -1.70. The van der Waals surface area contributed by atoms with Crippen molar-refractivity contribution >= 4 is 11.6 Å². The van der Waals surface area contributed by atoms with Gasteiger partial charge in [0.1, 0.15) is 16.7 Å². The molecule has 0 unspecified atom stereocenters. The lowest BCUT2D eigenvalue weighted by molar-refractivity contribution is 0.280. The van der Waals surface area contributed by atoms with Crippen LogP contribution in [0.5, 0.6) is 0 Å². The molecular weight excluding hydrogens is 174 g/mol. The number of rotatable bonds is 1. The van der Waals surface area contributed by atoms with Crippen LogP contribution < -0.4 is 0 Å². The number of hydrogen-bond donors (Lipinski definition) is 1. The summed E-state index contributed by atoms with van der Waals surface area (Å²) < 4.78 is 25.1. The first-order valence-corrected chi connectivity index (χ1v) is 3.27. The lowest BCUT2D eigenvalue weighted by Crippen LogP contribution is -1.89. The van der Waals surface area contributed by atoms with Crippen LogP contribution in [0.25, 0.3) is 0 Å². The third kappa shape index (κ3) is 1.67. The van der Waals surface area contributed by atoms with Crippen LogP contribution in [0.4, 0.5) is 8.78 Å². The summed E-state index contributed by atoms with van der Waals surface area (Å²) in [6.45, 7) is -0.398. The van der Waals surface area contributed by atoms with Crippen molar-refractivity contribution in [3.05, 3.63) is 34.4 Å². The van der Waals surface area contributed by atoms with Crippen molar-refractivity contribution in [3.63, 3.8) is 0 Å². The van der Waals surface area contributed by atoms with Crippen molar-refractivity contribution in [1.29, 1.82) is 0 Å². The van der Waals surface area contributed by atoms with E-state index in [1.54, 1.807) is 0 Å². The molecule has 0 saturated heterocycles. The van der Waals surface area contributed by atoms with Crippen LogP contribution in [0.15, 0.2) is 12.1 Å². The molecular formula is C7H5ClF2O. The van der Waals surface area contributed by atoms with Gasteiger partial charge in [-0.1, -0.05) is 11.6 Å². The lowest BCUT2D eigenvalue weighted by Gasteiger charge is -1.99. The standard InChI is InChI=1S/C7H5ClF2O/c8-7-5(9)1-4(3-11)2-6(7)10/h1-2,11H,3H2. The van der Waals surface area contributed by atoms with Gasteiger partial charge in [0.25, 0.3) is 0 Å². The Balaban J connectivity index is 3.21. The molecule has 0 saturated carbocycles. The third-order valence-electron chi connectivity index (χ3n) is 1.23. The maximum atomic E-state index is 12.5. The van der Waals surface area contributed by atoms with Crippen molar-refractivity contribution in [3.8, 4) is 0 Å². The highest BCUT2D eigenvalue weighted by molar-refractivity contribution is 6.30. The Kier molecular flexibility index (Phi) is 2.42. The smallest absolute Gasteiger partial charge is 0.145 e. The first kappa shape index (κ1) is 8.43. The minimum atomic E-state index is -0.851. The van der Waals surface area contributed by atoms with Crippen molar-refractivity contribution in [1.82, 2.24) is 0 Å². The van der Waals surface area contributed by atoms with Gasteiger partial charge in [0.15, 0.2) is 0 Å². The van der Waals surface area contributed by atoms with E-state index in [0.717, 1.165) is 12.1 Å². The molecule has 0 atom stereocenters. The molecule has 0 aromatic heterocycles. The Hall–Kier alpha value is -0.670. The van der Waals surface area contributed by atoms with E-state index < -0.39 is 23.3 Å². The van der Waals surface area contributed by atoms with Gasteiger partial charge >= 0.3 is 0 Å². The van der Waals surface area contributed by atoms with Crippen molar-refractivity contribution in [2.75, 3.05) is 0 Å². The van der Waals surface area contributed by atoms with Gasteiger partial charge in [0.2, 0.25) is 0 Å². The predicted molar refractivity (Wildman–Crippen MR) is 37.3 cm³/mol. The molecule has 1 N–H and O–H groups in total. The van der Waals surface area contributed by atoms with E-state index in [1.165, 1.54) is 0 Å². The van der Waals surface area contributed by atoms with Gasteiger partial charge in [-0.05, 0) is 17.7 Å². The molecule has 1 nitrogen and oxygen atoms in total. The van der Waals surface area contributed by atoms with Crippen LogP contribution in [0.3, 0.4) is 0 Å². The van der Waals surface area contributed by atoms with E-state index in [1.807, 2.05) is 0 Å². The summed E-state index contributed by atoms with van der Waals surface area (Å²) in [6.07, 6.45) is 0. The molecule has 0 amide bonds. The molecule has 0 bridgehead atoms. The molecule has 1 aromatic carbocycles. The second-order valence-electron chi connectivity index (χ2n) is 2.03. The maximum Gasteiger partial charge on any atom is 0.145 e. The van der Waals surface area contributed by atoms with E-state index in [-0.39, 0.29) is 5.56 Å². The average molecular weight is 179 g/mol. The molecule has 1 aromatic rings. The van der Waals surface area contributed by atoms with Gasteiger partial charge in [-0.2, -0.15) is 0 Å². The van der Waals surface area contributed by atoms with E-state index >= 15 is 0 Å². The van der Waals surface area contributed by atoms with Gasteiger partial charge in [0.05, 0.1) is 6.61 Å². The van der Waals surface area contributed by atoms with Crippen LogP contribution in [-0.2, 0) is 6.61 Å². The zero-order valence-electron chi connectivity index (χ0n) is 5.44. The highest BCUT2D eigenvalue weighted by atomic mass is 35.5. The van der Waals surface area contributed by atoms with Gasteiger partial charge in [0, 0.05) is 0 Å². The second-order valence-corrected chi connectivity index (χ2v) is 2.41. The number of halogens is 3. The van der Waals surface area contributed by atoms with Crippen molar-refractivity contribution in [2.45, 2.75) is 6.61 Å². The van der Waals surface area contributed by atoms with Crippen molar-refractivity contribution < 1.29 is 13.9 Å². The minimum absolute atomic E-state index is 0.171. The van der Waals surface area contributed by atoms with Gasteiger partial charge in [-0.3, -0.25) is 0 Å². The van der Waals surface area contributed by atoms with Crippen LogP contribution in [0.1, 0.15) is 5.56 Å². The van der Waals surface area contributed by atoms with E-state index in [0.29, 0.717) is 0 Å². The first-order chi connectivity index (χ1) is 5.15. The summed E-state index contributed by atoms with van der Waals surface area (Å²) in [6, 6.07) is 1.98. The SMILES string of the molecule is OCc1cc(F)c(Cl)c(F)c1. The Morgan fingerprint density at radius 1 is 1.27 bits per heavy atom. The second kappa shape index (κ2) is 3.15. The number of hydrogen-bond acceptors (Lipinski definition) is 1. The van der Waals surface area contributed by atoms with E-state index in [2.05, 4.69) is 0 Å². The summed E-state index contributed by atoms with van der Waals surface area (Å²) in [7, 11) is 0. The fourth-order valence-electron chi connectivity index (χ4n) is 0.699. The Morgan fingerprint density at radius 2 is 1.73 bits per heavy atom. The summed E-state index contributed by atoms with van der Waals surface area (Å²) >= 11 is 5.17. The molecule has 0 aliphatic rings. The Morgan fingerprint density at radius 3 is 2.09 bits per heavy atom. The Bertz CT molecular complexity index is 252. The van der Waals surface area contributed by atoms with Crippen LogP contribution >= 0.6 is 11.6 Å². The molecule has 60 valence electrons. The largest absolute Gasteiger partial charge is 0.392 e. The zero-order valence-corrected chi connectivity index (χ0v) is 6.20. The van der Waals surface area contributed by atoms with E-state index in [4.69, 9.17) is 16.7 Å². The maximum absolute atomic E-state index is 12.5. The summed E-state index contributed by atoms with van der Waals surface area (Å²) in [4.78, 5) is 0. The molecule has 0 fully saturated rings. The minimum Gasteiger partial charge on any atom is -0.392 e. The predicted octanol–water partition coefficient (Wildman–Crippen LogP) is 2.11. The number of aliphatic hydroxyl groups is 1. The first-order valence-electron chi connectivity index (χ1n) is 2.89. The monoisotopic (exact) mass is 178 g/mol. The fourth-order valence-corrected chi connectivity index (χ4v) is 0.808. The number of benzene rings is 1. The van der Waals surface area contributed by atoms with Gasteiger partial charge < -0.3 is 5.11 Å². The Labute approximate surface area is 67.2 Å². The molecule has 4 heteroatoms. The van der Waals surface area contributed by atoms with Gasteiger partial charge in [-0.25, -0.2) is 8.78 Å². The van der Waals surface area contributed by atoms with E-state index in [9.17, 15) is 8.78 Å². The van der Waals surface area contributed by atoms with Crippen LogP contribution in [0.2, 0.25) is 5.02 Å². The summed E-state index contributed by atoms with van der Waals surface area (Å²) in [5, 5.41) is 7.96. The summed E-state index contributed by atoms with van der Waals surface area (Å²) in [5.41, 5.74) is 0.171. The molecule has 0 heterocycles. The fraction of sp³-hybridized carbons (Fsp3) is 0.143. The highest BCUT2D eigenvalue weighted by Gasteiger charge is 2.07.